The summed E-state index contributed by atoms with van der Waals surface area (Å²) in [6.45, 7) is 4.08. The second-order valence-electron chi connectivity index (χ2n) is 5.82. The van der Waals surface area contributed by atoms with Crippen molar-refractivity contribution in [2.75, 3.05) is 5.32 Å². The molecule has 0 aliphatic heterocycles. The molecule has 0 fully saturated rings. The van der Waals surface area contributed by atoms with Gasteiger partial charge in [0.15, 0.2) is 11.5 Å². The second kappa shape index (κ2) is 6.69. The highest BCUT2D eigenvalue weighted by atomic mass is 16.2. The Balaban J connectivity index is 1.69. The van der Waals surface area contributed by atoms with Crippen molar-refractivity contribution in [2.24, 2.45) is 0 Å². The molecule has 3 heterocycles. The first-order chi connectivity index (χ1) is 11.6. The van der Waals surface area contributed by atoms with Gasteiger partial charge in [0.25, 0.3) is 0 Å². The summed E-state index contributed by atoms with van der Waals surface area (Å²) in [7, 11) is 0. The fraction of sp³-hybridized carbons (Fsp3) is 0.375. The number of nitrogens with one attached hydrogen (secondary N) is 2. The van der Waals surface area contributed by atoms with Gasteiger partial charge in [0, 0.05) is 18.0 Å². The molecule has 3 rings (SSSR count). The molecule has 0 saturated carbocycles. The fourth-order valence-corrected chi connectivity index (χ4v) is 2.63. The van der Waals surface area contributed by atoms with E-state index in [1.807, 2.05) is 6.07 Å². The van der Waals surface area contributed by atoms with Crippen LogP contribution in [0.4, 0.5) is 5.82 Å². The van der Waals surface area contributed by atoms with Crippen LogP contribution < -0.4 is 11.0 Å². The summed E-state index contributed by atoms with van der Waals surface area (Å²) in [6, 6.07) is 7.06. The number of amides is 1. The van der Waals surface area contributed by atoms with Gasteiger partial charge in [0.2, 0.25) is 5.91 Å². The molecular weight excluding hydrogens is 308 g/mol. The number of nitrogens with zero attached hydrogens (tertiary/aromatic N) is 4. The maximum atomic E-state index is 12.1. The van der Waals surface area contributed by atoms with Crippen LogP contribution in [-0.2, 0) is 11.3 Å². The monoisotopic (exact) mass is 328 g/mol. The van der Waals surface area contributed by atoms with Crippen molar-refractivity contribution in [2.45, 2.75) is 39.2 Å². The van der Waals surface area contributed by atoms with Crippen molar-refractivity contribution in [3.63, 3.8) is 0 Å². The van der Waals surface area contributed by atoms with Crippen LogP contribution in [0.15, 0.2) is 35.3 Å². The van der Waals surface area contributed by atoms with Gasteiger partial charge in [-0.25, -0.2) is 9.48 Å². The number of rotatable bonds is 6. The summed E-state index contributed by atoms with van der Waals surface area (Å²) >= 11 is 0. The van der Waals surface area contributed by atoms with Crippen LogP contribution in [0.2, 0.25) is 0 Å². The zero-order valence-corrected chi connectivity index (χ0v) is 13.7. The van der Waals surface area contributed by atoms with Crippen molar-refractivity contribution in [3.8, 4) is 0 Å². The predicted molar refractivity (Wildman–Crippen MR) is 90.0 cm³/mol. The highest BCUT2D eigenvalue weighted by Gasteiger charge is 2.13. The van der Waals surface area contributed by atoms with Gasteiger partial charge in [-0.1, -0.05) is 26.3 Å². The lowest BCUT2D eigenvalue weighted by molar-refractivity contribution is -0.117. The van der Waals surface area contributed by atoms with Gasteiger partial charge in [0.1, 0.15) is 6.54 Å². The average molecular weight is 328 g/mol. The van der Waals surface area contributed by atoms with Gasteiger partial charge in [-0.2, -0.15) is 5.10 Å². The summed E-state index contributed by atoms with van der Waals surface area (Å²) in [5, 5.41) is 13.9. The summed E-state index contributed by atoms with van der Waals surface area (Å²) in [5.41, 5.74) is 1.14. The molecule has 126 valence electrons. The van der Waals surface area contributed by atoms with Crippen molar-refractivity contribution >= 4 is 17.4 Å². The average Bonchev–Trinajstić information content (AvgIpc) is 3.14. The van der Waals surface area contributed by atoms with Crippen LogP contribution in [0, 0.1) is 0 Å². The Morgan fingerprint density at radius 1 is 1.42 bits per heavy atom. The van der Waals surface area contributed by atoms with Crippen LogP contribution >= 0.6 is 0 Å². The van der Waals surface area contributed by atoms with Crippen molar-refractivity contribution in [3.05, 3.63) is 46.6 Å². The number of H-pyrrole nitrogens is 1. The molecule has 0 unspecified atom stereocenters. The molecule has 0 spiro atoms. The molecule has 1 atom stereocenters. The van der Waals surface area contributed by atoms with Crippen LogP contribution in [0.1, 0.15) is 38.3 Å². The van der Waals surface area contributed by atoms with Gasteiger partial charge in [-0.05, 0) is 24.5 Å². The Bertz CT molecular complexity index is 907. The quantitative estimate of drug-likeness (QED) is 0.720. The fourth-order valence-electron chi connectivity index (χ4n) is 2.63. The lowest BCUT2D eigenvalue weighted by Gasteiger charge is -2.05. The summed E-state index contributed by atoms with van der Waals surface area (Å²) in [5.74, 6) is 0.464. The number of aromatic amines is 1. The third kappa shape index (κ3) is 3.22. The molecule has 0 aliphatic rings. The molecule has 24 heavy (non-hydrogen) atoms. The highest BCUT2D eigenvalue weighted by Crippen LogP contribution is 2.20. The third-order valence-electron chi connectivity index (χ3n) is 3.90. The smallest absolute Gasteiger partial charge is 0.308 e. The van der Waals surface area contributed by atoms with E-state index in [2.05, 4.69) is 34.5 Å². The lowest BCUT2D eigenvalue weighted by Crippen LogP contribution is -2.28. The third-order valence-corrected chi connectivity index (χ3v) is 3.90. The Hall–Kier alpha value is -2.90. The summed E-state index contributed by atoms with van der Waals surface area (Å²) in [4.78, 5) is 24.3. The highest BCUT2D eigenvalue weighted by molar-refractivity contribution is 5.89. The minimum Gasteiger partial charge on any atom is -0.308 e. The van der Waals surface area contributed by atoms with Gasteiger partial charge in [-0.3, -0.25) is 14.3 Å². The second-order valence-corrected chi connectivity index (χ2v) is 5.82. The molecular formula is C16H20N6O2. The predicted octanol–water partition coefficient (Wildman–Crippen LogP) is 1.76. The van der Waals surface area contributed by atoms with Crippen LogP contribution in [0.3, 0.4) is 0 Å². The van der Waals surface area contributed by atoms with Gasteiger partial charge in [-0.15, -0.1) is 5.10 Å². The molecule has 0 aromatic carbocycles. The van der Waals surface area contributed by atoms with Crippen molar-refractivity contribution in [1.29, 1.82) is 0 Å². The van der Waals surface area contributed by atoms with Crippen molar-refractivity contribution in [1.82, 2.24) is 24.4 Å². The van der Waals surface area contributed by atoms with Gasteiger partial charge in [0.05, 0.1) is 0 Å². The largest absolute Gasteiger partial charge is 0.350 e. The Kier molecular flexibility index (Phi) is 4.45. The maximum absolute atomic E-state index is 12.1. The van der Waals surface area contributed by atoms with E-state index in [0.717, 1.165) is 23.2 Å². The zero-order chi connectivity index (χ0) is 17.1. The molecule has 0 saturated heterocycles. The normalized spacial score (nSPS) is 12.4. The van der Waals surface area contributed by atoms with E-state index in [1.165, 1.54) is 4.40 Å². The number of carbonyl (C=O) groups excluding carboxylic acids is 1. The molecule has 2 N–H and O–H groups in total. The Morgan fingerprint density at radius 3 is 3.00 bits per heavy atom. The Morgan fingerprint density at radius 2 is 2.25 bits per heavy atom. The molecule has 8 nitrogen and oxygen atoms in total. The number of hydrogen-bond donors (Lipinski definition) is 2. The Labute approximate surface area is 138 Å². The first-order valence-corrected chi connectivity index (χ1v) is 7.98. The zero-order valence-electron chi connectivity index (χ0n) is 13.7. The van der Waals surface area contributed by atoms with E-state index in [0.29, 0.717) is 17.4 Å². The van der Waals surface area contributed by atoms with Crippen LogP contribution in [0.25, 0.3) is 5.65 Å². The number of anilines is 1. The van der Waals surface area contributed by atoms with E-state index in [4.69, 9.17) is 0 Å². The van der Waals surface area contributed by atoms with E-state index in [1.54, 1.807) is 24.4 Å². The minimum absolute atomic E-state index is 0.160. The molecule has 0 radical (unpaired) electrons. The van der Waals surface area contributed by atoms with Crippen molar-refractivity contribution < 1.29 is 4.79 Å². The number of aromatic nitrogens is 5. The SMILES string of the molecule is CCC[C@H](C)c1cc(NC(=O)Cn2nc3ccccn3c2=O)n[nH]1. The van der Waals surface area contributed by atoms with Gasteiger partial charge >= 0.3 is 5.69 Å². The number of fused-ring (bicyclic) bond motifs is 1. The molecule has 0 aliphatic carbocycles. The van der Waals surface area contributed by atoms with Gasteiger partial charge < -0.3 is 5.32 Å². The van der Waals surface area contributed by atoms with Crippen LogP contribution in [-0.4, -0.2) is 30.3 Å². The lowest BCUT2D eigenvalue weighted by atomic mass is 10.0. The van der Waals surface area contributed by atoms with E-state index in [-0.39, 0.29) is 18.1 Å². The van der Waals surface area contributed by atoms with Crippen LogP contribution in [0.5, 0.6) is 0 Å². The molecule has 3 aromatic rings. The summed E-state index contributed by atoms with van der Waals surface area (Å²) in [6.07, 6.45) is 3.75. The number of pyridine rings is 1. The number of carbonyl (C=O) groups is 1. The first kappa shape index (κ1) is 16.0. The molecule has 1 amide bonds. The molecule has 0 bridgehead atoms. The molecule has 3 aromatic heterocycles. The maximum Gasteiger partial charge on any atom is 0.350 e. The summed E-state index contributed by atoms with van der Waals surface area (Å²) < 4.78 is 2.53. The van der Waals surface area contributed by atoms with E-state index >= 15 is 0 Å². The minimum atomic E-state index is -0.347. The standard InChI is InChI=1S/C16H20N6O2/c1-3-6-11(2)12-9-13(19-18-12)17-15(23)10-22-16(24)21-8-5-4-7-14(21)20-22/h4-5,7-9,11H,3,6,10H2,1-2H3,(H2,17,18,19,23)/t11-/m0/s1. The first-order valence-electron chi connectivity index (χ1n) is 7.98. The van der Waals surface area contributed by atoms with E-state index < -0.39 is 0 Å². The topological polar surface area (TPSA) is 97.1 Å². The number of hydrogen-bond acceptors (Lipinski definition) is 4. The van der Waals surface area contributed by atoms with E-state index in [9.17, 15) is 9.59 Å². The molecule has 8 heteroatoms.